The van der Waals surface area contributed by atoms with E-state index in [0.717, 1.165) is 5.56 Å². The topological polar surface area (TPSA) is 66.8 Å². The Morgan fingerprint density at radius 1 is 1.16 bits per heavy atom. The maximum Gasteiger partial charge on any atom is 0.308 e. The Bertz CT molecular complexity index is 785. The molecule has 25 heavy (non-hydrogen) atoms. The number of carboxylic acids is 1. The molecule has 2 aromatic carbocycles. The lowest BCUT2D eigenvalue weighted by atomic mass is 9.83. The summed E-state index contributed by atoms with van der Waals surface area (Å²) in [6.45, 7) is 1.97. The molecule has 0 unspecified atom stereocenters. The van der Waals surface area contributed by atoms with Crippen LogP contribution in [0, 0.1) is 12.8 Å². The normalized spacial score (nSPS) is 20.4. The van der Waals surface area contributed by atoms with Crippen LogP contribution in [0.1, 0.15) is 30.0 Å². The van der Waals surface area contributed by atoms with E-state index in [1.165, 1.54) is 0 Å². The van der Waals surface area contributed by atoms with Crippen molar-refractivity contribution in [3.05, 3.63) is 59.7 Å². The second-order valence-electron chi connectivity index (χ2n) is 6.27. The van der Waals surface area contributed by atoms with Crippen LogP contribution in [-0.2, 0) is 9.59 Å². The highest BCUT2D eigenvalue weighted by molar-refractivity contribution is 5.97. The minimum absolute atomic E-state index is 0.0720. The number of anilines is 1. The lowest BCUT2D eigenvalue weighted by Gasteiger charge is -2.40. The van der Waals surface area contributed by atoms with Crippen LogP contribution in [0.15, 0.2) is 48.5 Å². The number of hydrogen-bond donors (Lipinski definition) is 1. The second-order valence-corrected chi connectivity index (χ2v) is 6.27. The van der Waals surface area contributed by atoms with Gasteiger partial charge in [-0.25, -0.2) is 0 Å². The van der Waals surface area contributed by atoms with Gasteiger partial charge in [0.25, 0.3) is 0 Å². The third-order valence-electron chi connectivity index (χ3n) is 4.68. The fourth-order valence-corrected chi connectivity index (χ4v) is 3.43. The standard InChI is InChI=1S/C20H21NO4/c1-13-7-9-14(10-8-13)21-18(22)12-11-16(20(23)24)19(21)15-5-3-4-6-17(15)25-2/h3-10,16,19H,11-12H2,1-2H3,(H,23,24)/t16-,19-/m0/s1. The number of aryl methyl sites for hydroxylation is 1. The summed E-state index contributed by atoms with van der Waals surface area (Å²) >= 11 is 0. The summed E-state index contributed by atoms with van der Waals surface area (Å²) in [5.74, 6) is -1.07. The monoisotopic (exact) mass is 339 g/mol. The zero-order valence-corrected chi connectivity index (χ0v) is 14.3. The molecule has 1 aliphatic heterocycles. The van der Waals surface area contributed by atoms with E-state index in [-0.39, 0.29) is 12.3 Å². The fourth-order valence-electron chi connectivity index (χ4n) is 3.43. The van der Waals surface area contributed by atoms with Gasteiger partial charge in [0.1, 0.15) is 5.75 Å². The number of methoxy groups -OCH3 is 1. The molecule has 1 fully saturated rings. The molecule has 1 saturated heterocycles. The lowest BCUT2D eigenvalue weighted by Crippen LogP contribution is -2.45. The van der Waals surface area contributed by atoms with Gasteiger partial charge in [0.2, 0.25) is 5.91 Å². The predicted molar refractivity (Wildman–Crippen MR) is 94.8 cm³/mol. The molecule has 130 valence electrons. The maximum atomic E-state index is 12.7. The Balaban J connectivity index is 2.15. The van der Waals surface area contributed by atoms with Crippen LogP contribution in [0.3, 0.4) is 0 Å². The molecule has 5 nitrogen and oxygen atoms in total. The highest BCUT2D eigenvalue weighted by Gasteiger charge is 2.42. The highest BCUT2D eigenvalue weighted by Crippen LogP contribution is 2.43. The Morgan fingerprint density at radius 3 is 2.48 bits per heavy atom. The van der Waals surface area contributed by atoms with E-state index in [0.29, 0.717) is 23.4 Å². The molecule has 0 radical (unpaired) electrons. The van der Waals surface area contributed by atoms with E-state index in [2.05, 4.69) is 0 Å². The third kappa shape index (κ3) is 3.22. The predicted octanol–water partition coefficient (Wildman–Crippen LogP) is 3.57. The number of amides is 1. The number of nitrogens with zero attached hydrogens (tertiary/aromatic N) is 1. The molecule has 1 heterocycles. The van der Waals surface area contributed by atoms with Crippen molar-refractivity contribution in [1.29, 1.82) is 0 Å². The van der Waals surface area contributed by atoms with Gasteiger partial charge < -0.3 is 14.7 Å². The molecule has 1 N–H and O–H groups in total. The fraction of sp³-hybridized carbons (Fsp3) is 0.300. The van der Waals surface area contributed by atoms with E-state index >= 15 is 0 Å². The average Bonchev–Trinajstić information content (AvgIpc) is 2.62. The number of rotatable bonds is 4. The first-order chi connectivity index (χ1) is 12.0. The number of aliphatic carboxylic acids is 1. The van der Waals surface area contributed by atoms with Crippen LogP contribution < -0.4 is 9.64 Å². The first-order valence-electron chi connectivity index (χ1n) is 8.27. The van der Waals surface area contributed by atoms with Crippen molar-refractivity contribution in [2.24, 2.45) is 5.92 Å². The van der Waals surface area contributed by atoms with Gasteiger partial charge in [-0.2, -0.15) is 0 Å². The average molecular weight is 339 g/mol. The number of benzene rings is 2. The van der Waals surface area contributed by atoms with Gasteiger partial charge in [0.15, 0.2) is 0 Å². The van der Waals surface area contributed by atoms with E-state index < -0.39 is 17.9 Å². The van der Waals surface area contributed by atoms with Crippen molar-refractivity contribution in [2.45, 2.75) is 25.8 Å². The summed E-state index contributed by atoms with van der Waals surface area (Å²) in [5, 5.41) is 9.75. The Morgan fingerprint density at radius 2 is 1.84 bits per heavy atom. The molecule has 2 aromatic rings. The smallest absolute Gasteiger partial charge is 0.308 e. The first kappa shape index (κ1) is 17.0. The quantitative estimate of drug-likeness (QED) is 0.925. The van der Waals surface area contributed by atoms with Crippen molar-refractivity contribution >= 4 is 17.6 Å². The molecule has 0 bridgehead atoms. The molecule has 5 heteroatoms. The molecule has 0 aliphatic carbocycles. The SMILES string of the molecule is COc1ccccc1[C@H]1[C@@H](C(=O)O)CCC(=O)N1c1ccc(C)cc1. The maximum absolute atomic E-state index is 12.7. The molecule has 0 spiro atoms. The number of ether oxygens (including phenoxy) is 1. The summed E-state index contributed by atoms with van der Waals surface area (Å²) in [4.78, 5) is 26.2. The highest BCUT2D eigenvalue weighted by atomic mass is 16.5. The Hall–Kier alpha value is -2.82. The van der Waals surface area contributed by atoms with Crippen LogP contribution in [0.5, 0.6) is 5.75 Å². The summed E-state index contributed by atoms with van der Waals surface area (Å²) in [5.41, 5.74) is 2.50. The largest absolute Gasteiger partial charge is 0.496 e. The van der Waals surface area contributed by atoms with Gasteiger partial charge >= 0.3 is 5.97 Å². The Labute approximate surface area is 146 Å². The number of hydrogen-bond acceptors (Lipinski definition) is 3. The lowest BCUT2D eigenvalue weighted by molar-refractivity contribution is -0.144. The van der Waals surface area contributed by atoms with Crippen molar-refractivity contribution < 1.29 is 19.4 Å². The third-order valence-corrected chi connectivity index (χ3v) is 4.68. The van der Waals surface area contributed by atoms with Crippen molar-refractivity contribution in [3.8, 4) is 5.75 Å². The second kappa shape index (κ2) is 6.97. The van der Waals surface area contributed by atoms with E-state index in [1.54, 1.807) is 18.1 Å². The van der Waals surface area contributed by atoms with Gasteiger partial charge in [-0.05, 0) is 31.5 Å². The number of para-hydroxylation sites is 1. The molecular weight excluding hydrogens is 318 g/mol. The number of carbonyl (C=O) groups is 2. The van der Waals surface area contributed by atoms with Crippen LogP contribution >= 0.6 is 0 Å². The Kier molecular flexibility index (Phi) is 4.74. The summed E-state index contributed by atoms with van der Waals surface area (Å²) in [7, 11) is 1.55. The number of carboxylic acid groups (broad SMARTS) is 1. The van der Waals surface area contributed by atoms with E-state index in [1.807, 2.05) is 49.4 Å². The van der Waals surface area contributed by atoms with Crippen molar-refractivity contribution in [3.63, 3.8) is 0 Å². The van der Waals surface area contributed by atoms with Crippen molar-refractivity contribution in [2.75, 3.05) is 12.0 Å². The van der Waals surface area contributed by atoms with E-state index in [4.69, 9.17) is 4.74 Å². The van der Waals surface area contributed by atoms with Gasteiger partial charge in [0, 0.05) is 17.7 Å². The molecule has 2 atom stereocenters. The molecule has 3 rings (SSSR count). The summed E-state index contributed by atoms with van der Waals surface area (Å²) in [6, 6.07) is 14.3. The van der Waals surface area contributed by atoms with Gasteiger partial charge in [0.05, 0.1) is 19.1 Å². The van der Waals surface area contributed by atoms with Crippen molar-refractivity contribution in [1.82, 2.24) is 0 Å². The molecule has 1 aliphatic rings. The van der Waals surface area contributed by atoms with Crippen LogP contribution in [-0.4, -0.2) is 24.1 Å². The minimum atomic E-state index is -0.902. The molecular formula is C20H21NO4. The van der Waals surface area contributed by atoms with Gasteiger partial charge in [-0.15, -0.1) is 0 Å². The molecule has 0 saturated carbocycles. The molecule has 1 amide bonds. The summed E-state index contributed by atoms with van der Waals surface area (Å²) < 4.78 is 5.43. The summed E-state index contributed by atoms with van der Waals surface area (Å²) in [6.07, 6.45) is 0.537. The van der Waals surface area contributed by atoms with Crippen LogP contribution in [0.4, 0.5) is 5.69 Å². The van der Waals surface area contributed by atoms with Gasteiger partial charge in [-0.1, -0.05) is 35.9 Å². The van der Waals surface area contributed by atoms with Crippen LogP contribution in [0.2, 0.25) is 0 Å². The zero-order chi connectivity index (χ0) is 18.0. The number of carbonyl (C=O) groups excluding carboxylic acids is 1. The van der Waals surface area contributed by atoms with Crippen LogP contribution in [0.25, 0.3) is 0 Å². The van der Waals surface area contributed by atoms with E-state index in [9.17, 15) is 14.7 Å². The van der Waals surface area contributed by atoms with Gasteiger partial charge in [-0.3, -0.25) is 9.59 Å². The first-order valence-corrected chi connectivity index (χ1v) is 8.27. The minimum Gasteiger partial charge on any atom is -0.496 e. The number of piperidine rings is 1. The molecule has 0 aromatic heterocycles. The zero-order valence-electron chi connectivity index (χ0n) is 14.3.